The predicted octanol–water partition coefficient (Wildman–Crippen LogP) is 1.50. The van der Waals surface area contributed by atoms with E-state index in [4.69, 9.17) is 10.5 Å². The molecule has 1 aliphatic rings. The largest absolute Gasteiger partial charge is 0.382 e. The molecule has 1 heterocycles. The number of aromatic nitrogens is 1. The molecule has 1 unspecified atom stereocenters. The van der Waals surface area contributed by atoms with Crippen LogP contribution in [-0.4, -0.2) is 37.3 Å². The van der Waals surface area contributed by atoms with Crippen molar-refractivity contribution in [1.82, 2.24) is 4.37 Å². The molecule has 0 saturated heterocycles. The second-order valence-electron chi connectivity index (χ2n) is 4.68. The molecule has 3 N–H and O–H groups in total. The molecule has 108 valence electrons. The predicted molar refractivity (Wildman–Crippen MR) is 76.3 cm³/mol. The Hall–Kier alpha value is -0.860. The van der Waals surface area contributed by atoms with Crippen molar-refractivity contribution in [3.63, 3.8) is 0 Å². The van der Waals surface area contributed by atoms with Gasteiger partial charge in [-0.15, -0.1) is 0 Å². The minimum atomic E-state index is -3.33. The number of rotatable bonds is 7. The van der Waals surface area contributed by atoms with E-state index in [1.807, 2.05) is 13.8 Å². The van der Waals surface area contributed by atoms with Crippen molar-refractivity contribution >= 4 is 32.2 Å². The lowest BCUT2D eigenvalue weighted by atomic mass is 10.3. The Morgan fingerprint density at radius 2 is 2.26 bits per heavy atom. The van der Waals surface area contributed by atoms with E-state index in [9.17, 15) is 8.42 Å². The van der Waals surface area contributed by atoms with Gasteiger partial charge in [-0.25, -0.2) is 8.42 Å². The number of sulfone groups is 1. The summed E-state index contributed by atoms with van der Waals surface area (Å²) in [5.41, 5.74) is 5.72. The Bertz CT molecular complexity index is 537. The van der Waals surface area contributed by atoms with E-state index in [1.165, 1.54) is 0 Å². The van der Waals surface area contributed by atoms with Crippen molar-refractivity contribution < 1.29 is 13.2 Å². The van der Waals surface area contributed by atoms with E-state index in [2.05, 4.69) is 9.69 Å². The highest BCUT2D eigenvalue weighted by atomic mass is 32.2. The second-order valence-corrected chi connectivity index (χ2v) is 7.61. The van der Waals surface area contributed by atoms with Crippen molar-refractivity contribution in [2.75, 3.05) is 24.3 Å². The first-order valence-electron chi connectivity index (χ1n) is 6.30. The quantitative estimate of drug-likeness (QED) is 0.793. The number of hydrogen-bond donors (Lipinski definition) is 2. The highest BCUT2D eigenvalue weighted by molar-refractivity contribution is 7.92. The zero-order chi connectivity index (χ0) is 14.0. The molecule has 1 aromatic heterocycles. The summed E-state index contributed by atoms with van der Waals surface area (Å²) < 4.78 is 33.9. The van der Waals surface area contributed by atoms with Crippen molar-refractivity contribution in [3.8, 4) is 0 Å². The summed E-state index contributed by atoms with van der Waals surface area (Å²) in [5.74, 6) is 0.100. The fourth-order valence-electron chi connectivity index (χ4n) is 1.77. The van der Waals surface area contributed by atoms with Crippen molar-refractivity contribution in [2.24, 2.45) is 0 Å². The topological polar surface area (TPSA) is 94.3 Å². The Balaban J connectivity index is 2.18. The molecule has 1 atom stereocenters. The molecule has 8 heteroatoms. The van der Waals surface area contributed by atoms with Gasteiger partial charge >= 0.3 is 0 Å². The van der Waals surface area contributed by atoms with E-state index in [-0.39, 0.29) is 22.0 Å². The van der Waals surface area contributed by atoms with Gasteiger partial charge in [-0.05, 0) is 38.2 Å². The van der Waals surface area contributed by atoms with Gasteiger partial charge in [0, 0.05) is 12.6 Å². The summed E-state index contributed by atoms with van der Waals surface area (Å²) >= 11 is 1.09. The van der Waals surface area contributed by atoms with Crippen molar-refractivity contribution in [2.45, 2.75) is 42.9 Å². The zero-order valence-corrected chi connectivity index (χ0v) is 12.7. The molecule has 1 fully saturated rings. The Morgan fingerprint density at radius 3 is 2.84 bits per heavy atom. The summed E-state index contributed by atoms with van der Waals surface area (Å²) in [7, 11) is -3.33. The molecule has 0 aromatic carbocycles. The van der Waals surface area contributed by atoms with Crippen LogP contribution in [0.3, 0.4) is 0 Å². The van der Waals surface area contributed by atoms with Crippen LogP contribution in [0, 0.1) is 0 Å². The number of anilines is 2. The van der Waals surface area contributed by atoms with Gasteiger partial charge in [-0.3, -0.25) is 0 Å². The minimum absolute atomic E-state index is 0.00736. The highest BCUT2D eigenvalue weighted by Gasteiger charge is 2.40. The number of nitrogens with zero attached hydrogens (tertiary/aromatic N) is 1. The van der Waals surface area contributed by atoms with Crippen LogP contribution < -0.4 is 11.1 Å². The molecule has 1 aliphatic carbocycles. The third-order valence-electron chi connectivity index (χ3n) is 2.87. The molecule has 0 amide bonds. The maximum Gasteiger partial charge on any atom is 0.187 e. The monoisotopic (exact) mass is 305 g/mol. The molecular weight excluding hydrogens is 286 g/mol. The zero-order valence-electron chi connectivity index (χ0n) is 11.0. The molecular formula is C11H19N3O3S2. The van der Waals surface area contributed by atoms with E-state index in [0.717, 1.165) is 11.5 Å². The number of ether oxygens (including phenoxy) is 1. The van der Waals surface area contributed by atoms with Crippen LogP contribution in [0.5, 0.6) is 0 Å². The molecule has 0 aliphatic heterocycles. The molecule has 2 rings (SSSR count). The lowest BCUT2D eigenvalue weighted by molar-refractivity contribution is 0.141. The van der Waals surface area contributed by atoms with E-state index >= 15 is 0 Å². The second kappa shape index (κ2) is 5.64. The average Bonchev–Trinajstić information content (AvgIpc) is 3.13. The van der Waals surface area contributed by atoms with Gasteiger partial charge in [0.25, 0.3) is 0 Å². The molecule has 6 nitrogen and oxygen atoms in total. The van der Waals surface area contributed by atoms with Crippen LogP contribution in [0.1, 0.15) is 26.7 Å². The minimum Gasteiger partial charge on any atom is -0.382 e. The standard InChI is InChI=1S/C11H19N3O3S2/c1-3-17-6-7(2)13-11-9(10(12)14-18-11)19(15,16)8-4-5-8/h7-8,13H,3-6H2,1-2H3,(H2,12,14). The van der Waals surface area contributed by atoms with Crippen LogP contribution in [0.15, 0.2) is 4.90 Å². The Kier molecular flexibility index (Phi) is 4.32. The lowest BCUT2D eigenvalue weighted by Crippen LogP contribution is -2.22. The first kappa shape index (κ1) is 14.5. The van der Waals surface area contributed by atoms with Gasteiger partial charge in [0.2, 0.25) is 0 Å². The summed E-state index contributed by atoms with van der Waals surface area (Å²) in [5, 5.41) is 3.37. The Labute approximate surface area is 117 Å². The first-order valence-corrected chi connectivity index (χ1v) is 8.62. The van der Waals surface area contributed by atoms with Gasteiger partial charge in [-0.1, -0.05) is 0 Å². The molecule has 0 bridgehead atoms. The van der Waals surface area contributed by atoms with E-state index in [1.54, 1.807) is 0 Å². The van der Waals surface area contributed by atoms with Crippen LogP contribution in [0.2, 0.25) is 0 Å². The van der Waals surface area contributed by atoms with Crippen LogP contribution in [0.4, 0.5) is 10.8 Å². The molecule has 1 saturated carbocycles. The first-order chi connectivity index (χ1) is 8.96. The third-order valence-corrected chi connectivity index (χ3v) is 6.12. The maximum atomic E-state index is 12.3. The fourth-order valence-corrected chi connectivity index (χ4v) is 4.75. The van der Waals surface area contributed by atoms with Crippen LogP contribution in [0.25, 0.3) is 0 Å². The van der Waals surface area contributed by atoms with Gasteiger partial charge in [0.1, 0.15) is 9.90 Å². The van der Waals surface area contributed by atoms with Crippen molar-refractivity contribution in [3.05, 3.63) is 0 Å². The lowest BCUT2D eigenvalue weighted by Gasteiger charge is -2.14. The van der Waals surface area contributed by atoms with E-state index < -0.39 is 9.84 Å². The fraction of sp³-hybridized carbons (Fsp3) is 0.727. The van der Waals surface area contributed by atoms with Gasteiger partial charge in [-0.2, -0.15) is 4.37 Å². The molecule has 1 aromatic rings. The number of nitrogens with one attached hydrogen (secondary N) is 1. The number of nitrogen functional groups attached to an aromatic ring is 1. The van der Waals surface area contributed by atoms with Gasteiger partial charge in [0.05, 0.1) is 11.9 Å². The average molecular weight is 305 g/mol. The van der Waals surface area contributed by atoms with Crippen molar-refractivity contribution in [1.29, 1.82) is 0 Å². The summed E-state index contributed by atoms with van der Waals surface area (Å²) in [6, 6.07) is 0.00736. The number of hydrogen-bond acceptors (Lipinski definition) is 7. The number of nitrogens with two attached hydrogens (primary N) is 1. The molecule has 0 radical (unpaired) electrons. The maximum absolute atomic E-state index is 12.3. The SMILES string of the molecule is CCOCC(C)Nc1snc(N)c1S(=O)(=O)C1CC1. The normalized spacial score (nSPS) is 17.4. The molecule has 19 heavy (non-hydrogen) atoms. The molecule has 0 spiro atoms. The Morgan fingerprint density at radius 1 is 1.58 bits per heavy atom. The summed E-state index contributed by atoms with van der Waals surface area (Å²) in [6.07, 6.45) is 1.43. The smallest absolute Gasteiger partial charge is 0.187 e. The van der Waals surface area contributed by atoms with Crippen LogP contribution >= 0.6 is 11.5 Å². The van der Waals surface area contributed by atoms with Gasteiger partial charge < -0.3 is 15.8 Å². The van der Waals surface area contributed by atoms with Gasteiger partial charge in [0.15, 0.2) is 15.7 Å². The van der Waals surface area contributed by atoms with Crippen LogP contribution in [-0.2, 0) is 14.6 Å². The third kappa shape index (κ3) is 3.18. The summed E-state index contributed by atoms with van der Waals surface area (Å²) in [6.45, 7) is 4.99. The highest BCUT2D eigenvalue weighted by Crippen LogP contribution is 2.41. The van der Waals surface area contributed by atoms with E-state index in [0.29, 0.717) is 31.1 Å². The summed E-state index contributed by atoms with van der Waals surface area (Å²) in [4.78, 5) is 0.170.